The predicted molar refractivity (Wildman–Crippen MR) is 79.3 cm³/mol. The second-order valence-corrected chi connectivity index (χ2v) is 5.81. The molecule has 3 N–H and O–H groups in total. The van der Waals surface area contributed by atoms with Crippen molar-refractivity contribution in [1.82, 2.24) is 0 Å². The van der Waals surface area contributed by atoms with Crippen LogP contribution in [0.1, 0.15) is 24.5 Å². The number of anilines is 1. The monoisotopic (exact) mass is 318 g/mol. The Hall–Kier alpha value is -1.34. The fourth-order valence-electron chi connectivity index (χ4n) is 2.54. The van der Waals surface area contributed by atoms with E-state index < -0.39 is 11.7 Å². The molecule has 0 amide bonds. The number of hydrogen-bond donors (Lipinski definition) is 2. The van der Waals surface area contributed by atoms with Gasteiger partial charge in [0.2, 0.25) is 0 Å². The Labute approximate surface area is 126 Å². The van der Waals surface area contributed by atoms with Crippen LogP contribution in [-0.2, 0) is 6.18 Å². The van der Waals surface area contributed by atoms with Gasteiger partial charge in [-0.15, -0.1) is 0 Å². The van der Waals surface area contributed by atoms with Crippen molar-refractivity contribution < 1.29 is 18.3 Å². The molecule has 7 heteroatoms. The maximum Gasteiger partial charge on any atom is 0.416 e. The molecule has 2 rings (SSSR count). The van der Waals surface area contributed by atoms with E-state index in [-0.39, 0.29) is 22.6 Å². The first-order valence-corrected chi connectivity index (χ1v) is 7.05. The highest BCUT2D eigenvalue weighted by atomic mass is 32.1. The third-order valence-electron chi connectivity index (χ3n) is 3.79. The Morgan fingerprint density at radius 2 is 2.10 bits per heavy atom. The third kappa shape index (κ3) is 3.47. The summed E-state index contributed by atoms with van der Waals surface area (Å²) in [6.07, 6.45) is -4.24. The number of hydrogen-bond acceptors (Lipinski definition) is 3. The molecule has 1 aliphatic rings. The van der Waals surface area contributed by atoms with Crippen molar-refractivity contribution >= 4 is 22.9 Å². The Morgan fingerprint density at radius 3 is 2.62 bits per heavy atom. The molecule has 116 valence electrons. The smallest absolute Gasteiger partial charge is 0.393 e. The number of rotatable bonds is 2. The van der Waals surface area contributed by atoms with Gasteiger partial charge in [0.1, 0.15) is 4.99 Å². The summed E-state index contributed by atoms with van der Waals surface area (Å²) in [4.78, 5) is 1.86. The Balaban J connectivity index is 2.38. The van der Waals surface area contributed by atoms with Gasteiger partial charge in [-0.05, 0) is 30.5 Å². The van der Waals surface area contributed by atoms with Gasteiger partial charge < -0.3 is 15.7 Å². The summed E-state index contributed by atoms with van der Waals surface area (Å²) in [6.45, 7) is 3.02. The second-order valence-electron chi connectivity index (χ2n) is 5.37. The minimum atomic E-state index is -4.43. The zero-order chi connectivity index (χ0) is 15.8. The molecule has 0 radical (unpaired) electrons. The van der Waals surface area contributed by atoms with Crippen LogP contribution in [0.5, 0.6) is 0 Å². The van der Waals surface area contributed by atoms with Gasteiger partial charge in [-0.25, -0.2) is 0 Å². The Morgan fingerprint density at radius 1 is 1.43 bits per heavy atom. The molecule has 3 nitrogen and oxygen atoms in total. The van der Waals surface area contributed by atoms with E-state index in [4.69, 9.17) is 18.0 Å². The average molecular weight is 318 g/mol. The summed E-state index contributed by atoms with van der Waals surface area (Å²) in [6, 6.07) is 3.43. The van der Waals surface area contributed by atoms with E-state index in [1.807, 2.05) is 11.8 Å². The summed E-state index contributed by atoms with van der Waals surface area (Å²) < 4.78 is 38.4. The number of benzene rings is 1. The number of nitrogens with two attached hydrogens (primary N) is 1. The van der Waals surface area contributed by atoms with E-state index in [0.29, 0.717) is 25.2 Å². The molecular weight excluding hydrogens is 301 g/mol. The van der Waals surface area contributed by atoms with Crippen LogP contribution in [0.25, 0.3) is 0 Å². The summed E-state index contributed by atoms with van der Waals surface area (Å²) >= 11 is 4.89. The fraction of sp³-hybridized carbons (Fsp3) is 0.500. The standard InChI is InChI=1S/C14H17F3N2OS/c1-8-7-19(5-4-12(8)20)11-3-2-9(14(15,16)17)6-10(11)13(18)21/h2-3,6,8,12,20H,4-5,7H2,1H3,(H2,18,21). The number of alkyl halides is 3. The highest BCUT2D eigenvalue weighted by Crippen LogP contribution is 2.34. The lowest BCUT2D eigenvalue weighted by molar-refractivity contribution is -0.137. The summed E-state index contributed by atoms with van der Waals surface area (Å²) in [5.74, 6) is 0.0419. The lowest BCUT2D eigenvalue weighted by Gasteiger charge is -2.37. The third-order valence-corrected chi connectivity index (χ3v) is 4.01. The second kappa shape index (κ2) is 5.81. The number of piperidine rings is 1. The Kier molecular flexibility index (Phi) is 4.43. The first kappa shape index (κ1) is 16.0. The van der Waals surface area contributed by atoms with Gasteiger partial charge in [0.25, 0.3) is 0 Å². The molecule has 2 unspecified atom stereocenters. The lowest BCUT2D eigenvalue weighted by atomic mass is 9.95. The van der Waals surface area contributed by atoms with Crippen molar-refractivity contribution in [2.75, 3.05) is 18.0 Å². The first-order valence-electron chi connectivity index (χ1n) is 6.64. The Bertz CT molecular complexity index is 548. The van der Waals surface area contributed by atoms with Crippen molar-refractivity contribution in [3.05, 3.63) is 29.3 Å². The molecule has 1 saturated heterocycles. The highest BCUT2D eigenvalue weighted by molar-refractivity contribution is 7.80. The van der Waals surface area contributed by atoms with Gasteiger partial charge in [-0.1, -0.05) is 19.1 Å². The molecule has 21 heavy (non-hydrogen) atoms. The minimum absolute atomic E-state index is 0.0419. The predicted octanol–water partition coefficient (Wildman–Crippen LogP) is 2.55. The minimum Gasteiger partial charge on any atom is -0.393 e. The van der Waals surface area contributed by atoms with Crippen LogP contribution in [0.2, 0.25) is 0 Å². The van der Waals surface area contributed by atoms with Crippen molar-refractivity contribution in [3.8, 4) is 0 Å². The van der Waals surface area contributed by atoms with E-state index >= 15 is 0 Å². The van der Waals surface area contributed by atoms with Crippen LogP contribution in [-0.4, -0.2) is 29.3 Å². The number of halogens is 3. The van der Waals surface area contributed by atoms with Gasteiger partial charge in [-0.2, -0.15) is 13.2 Å². The summed E-state index contributed by atoms with van der Waals surface area (Å²) in [5, 5.41) is 9.75. The van der Waals surface area contributed by atoms with E-state index in [0.717, 1.165) is 12.1 Å². The van der Waals surface area contributed by atoms with Crippen molar-refractivity contribution in [2.45, 2.75) is 25.6 Å². The van der Waals surface area contributed by atoms with Gasteiger partial charge in [0.15, 0.2) is 0 Å². The molecule has 0 saturated carbocycles. The van der Waals surface area contributed by atoms with E-state index in [1.165, 1.54) is 6.07 Å². The molecule has 1 aromatic rings. The van der Waals surface area contributed by atoms with Gasteiger partial charge in [0, 0.05) is 24.3 Å². The number of thiocarbonyl (C=S) groups is 1. The molecule has 0 aromatic heterocycles. The quantitative estimate of drug-likeness (QED) is 0.823. The lowest BCUT2D eigenvalue weighted by Crippen LogP contribution is -2.42. The summed E-state index contributed by atoms with van der Waals surface area (Å²) in [5.41, 5.74) is 5.64. The van der Waals surface area contributed by atoms with Crippen LogP contribution in [0.3, 0.4) is 0 Å². The van der Waals surface area contributed by atoms with Crippen molar-refractivity contribution in [2.24, 2.45) is 11.7 Å². The first-order chi connectivity index (χ1) is 9.70. The number of aliphatic hydroxyl groups is 1. The van der Waals surface area contributed by atoms with Crippen LogP contribution >= 0.6 is 12.2 Å². The van der Waals surface area contributed by atoms with Gasteiger partial charge in [-0.3, -0.25) is 0 Å². The SMILES string of the molecule is CC1CN(c2ccc(C(F)(F)F)cc2C(N)=S)CCC1O. The zero-order valence-corrected chi connectivity index (χ0v) is 12.3. The molecular formula is C14H17F3N2OS. The maximum atomic E-state index is 12.8. The van der Waals surface area contributed by atoms with Crippen LogP contribution in [0.4, 0.5) is 18.9 Å². The highest BCUT2D eigenvalue weighted by Gasteiger charge is 2.32. The number of nitrogens with zero attached hydrogens (tertiary/aromatic N) is 1. The molecule has 0 bridgehead atoms. The topological polar surface area (TPSA) is 49.5 Å². The molecule has 0 aliphatic carbocycles. The molecule has 1 aromatic carbocycles. The van der Waals surface area contributed by atoms with E-state index in [1.54, 1.807) is 0 Å². The zero-order valence-electron chi connectivity index (χ0n) is 11.5. The number of aliphatic hydroxyl groups excluding tert-OH is 1. The fourth-order valence-corrected chi connectivity index (χ4v) is 2.70. The molecule has 1 aliphatic heterocycles. The van der Waals surface area contributed by atoms with Crippen LogP contribution in [0, 0.1) is 5.92 Å². The van der Waals surface area contributed by atoms with E-state index in [9.17, 15) is 18.3 Å². The largest absolute Gasteiger partial charge is 0.416 e. The normalized spacial score (nSPS) is 23.2. The maximum absolute atomic E-state index is 12.8. The average Bonchev–Trinajstić information content (AvgIpc) is 2.40. The van der Waals surface area contributed by atoms with Crippen LogP contribution < -0.4 is 10.6 Å². The molecule has 2 atom stereocenters. The molecule has 0 spiro atoms. The van der Waals surface area contributed by atoms with Gasteiger partial charge in [0.05, 0.1) is 11.7 Å². The van der Waals surface area contributed by atoms with Gasteiger partial charge >= 0.3 is 6.18 Å². The van der Waals surface area contributed by atoms with Crippen molar-refractivity contribution in [1.29, 1.82) is 0 Å². The molecule has 1 heterocycles. The summed E-state index contributed by atoms with van der Waals surface area (Å²) in [7, 11) is 0. The van der Waals surface area contributed by atoms with Crippen LogP contribution in [0.15, 0.2) is 18.2 Å². The van der Waals surface area contributed by atoms with Crippen molar-refractivity contribution in [3.63, 3.8) is 0 Å². The molecule has 1 fully saturated rings. The van der Waals surface area contributed by atoms with E-state index in [2.05, 4.69) is 0 Å².